The number of nitrogens with one attached hydrogen (secondary N) is 1. The van der Waals surface area contributed by atoms with Gasteiger partial charge in [-0.05, 0) is 75.6 Å². The minimum absolute atomic E-state index is 0.00416. The molecular formula is C31H29BrClN3O7S. The molecule has 0 saturated carbocycles. The Balaban J connectivity index is 1.52. The van der Waals surface area contributed by atoms with Gasteiger partial charge in [0.2, 0.25) is 0 Å². The lowest BCUT2D eigenvalue weighted by molar-refractivity contribution is -0.119. The van der Waals surface area contributed by atoms with Gasteiger partial charge in [-0.25, -0.2) is 13.8 Å². The summed E-state index contributed by atoms with van der Waals surface area (Å²) in [5, 5.41) is 4.67. The minimum atomic E-state index is -4.17. The molecule has 0 radical (unpaired) electrons. The molecule has 1 N–H and O–H groups in total. The van der Waals surface area contributed by atoms with Crippen LogP contribution in [0.1, 0.15) is 11.1 Å². The minimum Gasteiger partial charge on any atom is -0.497 e. The molecule has 0 aliphatic carbocycles. The van der Waals surface area contributed by atoms with Crippen LogP contribution in [-0.4, -0.2) is 48.4 Å². The monoisotopic (exact) mass is 701 g/mol. The molecule has 0 atom stereocenters. The summed E-state index contributed by atoms with van der Waals surface area (Å²) in [5.74, 6) is 0.898. The smallest absolute Gasteiger partial charge is 0.264 e. The molecule has 1 amide bonds. The Hall–Kier alpha value is -4.26. The summed E-state index contributed by atoms with van der Waals surface area (Å²) >= 11 is 9.46. The van der Waals surface area contributed by atoms with Crippen LogP contribution in [0.15, 0.2) is 99.4 Å². The lowest BCUT2D eigenvalue weighted by Gasteiger charge is -2.25. The van der Waals surface area contributed by atoms with E-state index in [0.717, 1.165) is 9.87 Å². The average Bonchev–Trinajstić information content (AvgIpc) is 3.03. The lowest BCUT2D eigenvalue weighted by Crippen LogP contribution is -2.39. The van der Waals surface area contributed by atoms with Gasteiger partial charge >= 0.3 is 0 Å². The van der Waals surface area contributed by atoms with Crippen molar-refractivity contribution >= 4 is 55.4 Å². The number of hydrogen-bond acceptors (Lipinski definition) is 8. The second-order valence-corrected chi connectivity index (χ2v) is 12.3. The first-order valence-corrected chi connectivity index (χ1v) is 15.6. The van der Waals surface area contributed by atoms with Crippen molar-refractivity contribution in [3.8, 4) is 23.0 Å². The van der Waals surface area contributed by atoms with E-state index in [9.17, 15) is 13.2 Å². The van der Waals surface area contributed by atoms with Gasteiger partial charge in [0.1, 0.15) is 24.7 Å². The number of hydrazone groups is 1. The number of hydrogen-bond donors (Lipinski definition) is 1. The molecule has 4 aromatic rings. The number of anilines is 1. The first kappa shape index (κ1) is 32.6. The molecule has 230 valence electrons. The molecule has 4 aromatic carbocycles. The van der Waals surface area contributed by atoms with Gasteiger partial charge in [0.25, 0.3) is 15.9 Å². The van der Waals surface area contributed by atoms with Crippen LogP contribution in [0.5, 0.6) is 23.0 Å². The van der Waals surface area contributed by atoms with E-state index in [-0.39, 0.29) is 22.9 Å². The number of nitrogens with zero attached hydrogens (tertiary/aromatic N) is 2. The van der Waals surface area contributed by atoms with E-state index >= 15 is 0 Å². The maximum absolute atomic E-state index is 13.7. The summed E-state index contributed by atoms with van der Waals surface area (Å²) in [4.78, 5) is 13.0. The van der Waals surface area contributed by atoms with Gasteiger partial charge in [0, 0.05) is 11.1 Å². The van der Waals surface area contributed by atoms with Gasteiger partial charge in [-0.2, -0.15) is 5.10 Å². The highest BCUT2D eigenvalue weighted by Gasteiger charge is 2.29. The fraction of sp³-hybridized carbons (Fsp3) is 0.161. The average molecular weight is 703 g/mol. The van der Waals surface area contributed by atoms with Crippen LogP contribution in [0.4, 0.5) is 5.69 Å². The maximum Gasteiger partial charge on any atom is 0.264 e. The van der Waals surface area contributed by atoms with E-state index < -0.39 is 22.5 Å². The molecule has 0 spiro atoms. The summed E-state index contributed by atoms with van der Waals surface area (Å²) in [5.41, 5.74) is 4.06. The zero-order valence-electron chi connectivity index (χ0n) is 24.0. The summed E-state index contributed by atoms with van der Waals surface area (Å²) in [6, 6.07) is 23.1. The van der Waals surface area contributed by atoms with Gasteiger partial charge in [-0.1, -0.05) is 41.9 Å². The quantitative estimate of drug-likeness (QED) is 0.133. The molecule has 0 saturated heterocycles. The standard InChI is InChI=1S/C31H29BrClN3O7S/c1-40-24-13-14-27(28(17-24)41-2)36(44(38,39)25-7-5-4-6-8-25)19-30(37)35-34-18-22-15-26(32)31(29(16-22)42-3)43-20-21-9-11-23(33)12-10-21/h4-18H,19-20H2,1-3H3,(H,35,37)/b34-18-. The molecule has 0 aliphatic heterocycles. The normalized spacial score (nSPS) is 11.2. The fourth-order valence-corrected chi connectivity index (χ4v) is 6.20. The Morgan fingerprint density at radius 2 is 1.64 bits per heavy atom. The lowest BCUT2D eigenvalue weighted by atomic mass is 10.2. The van der Waals surface area contributed by atoms with Crippen LogP contribution < -0.4 is 28.7 Å². The SMILES string of the molecule is COc1ccc(N(CC(=O)N/N=C\c2cc(Br)c(OCc3ccc(Cl)cc3)c(OC)c2)S(=O)(=O)c2ccccc2)c(OC)c1. The molecule has 4 rings (SSSR count). The molecule has 0 bridgehead atoms. The summed E-state index contributed by atoms with van der Waals surface area (Å²) < 4.78 is 51.0. The maximum atomic E-state index is 13.7. The first-order chi connectivity index (χ1) is 21.2. The largest absolute Gasteiger partial charge is 0.497 e. The number of sulfonamides is 1. The van der Waals surface area contributed by atoms with Gasteiger partial charge in [0.15, 0.2) is 11.5 Å². The third-order valence-electron chi connectivity index (χ3n) is 6.23. The van der Waals surface area contributed by atoms with Crippen LogP contribution >= 0.6 is 27.5 Å². The number of carbonyl (C=O) groups is 1. The molecule has 0 aromatic heterocycles. The Morgan fingerprint density at radius 1 is 0.932 bits per heavy atom. The second kappa shape index (κ2) is 15.0. The topological polar surface area (TPSA) is 116 Å². The summed E-state index contributed by atoms with van der Waals surface area (Å²) in [6.07, 6.45) is 1.40. The van der Waals surface area contributed by atoms with Crippen LogP contribution in [-0.2, 0) is 21.4 Å². The van der Waals surface area contributed by atoms with Crippen molar-refractivity contribution < 1.29 is 32.2 Å². The highest BCUT2D eigenvalue weighted by atomic mass is 79.9. The van der Waals surface area contributed by atoms with E-state index in [0.29, 0.717) is 32.3 Å². The zero-order valence-corrected chi connectivity index (χ0v) is 27.1. The number of amides is 1. The van der Waals surface area contributed by atoms with Gasteiger partial charge in [-0.15, -0.1) is 0 Å². The van der Waals surface area contributed by atoms with Gasteiger partial charge < -0.3 is 18.9 Å². The fourth-order valence-electron chi connectivity index (χ4n) is 4.05. The summed E-state index contributed by atoms with van der Waals surface area (Å²) in [6.45, 7) is -0.293. The summed E-state index contributed by atoms with van der Waals surface area (Å²) in [7, 11) is 0.219. The van der Waals surface area contributed by atoms with E-state index in [2.05, 4.69) is 26.5 Å². The number of methoxy groups -OCH3 is 3. The molecule has 13 heteroatoms. The van der Waals surface area contributed by atoms with Crippen LogP contribution in [0.3, 0.4) is 0 Å². The molecule has 10 nitrogen and oxygen atoms in total. The number of rotatable bonds is 13. The highest BCUT2D eigenvalue weighted by Crippen LogP contribution is 2.37. The number of benzene rings is 4. The zero-order chi connectivity index (χ0) is 31.7. The van der Waals surface area contributed by atoms with Gasteiger partial charge in [-0.3, -0.25) is 9.10 Å². The Labute approximate surface area is 269 Å². The second-order valence-electron chi connectivity index (χ2n) is 9.10. The molecule has 0 heterocycles. The van der Waals surface area contributed by atoms with Crippen molar-refractivity contribution in [1.82, 2.24) is 5.43 Å². The molecule has 44 heavy (non-hydrogen) atoms. The predicted octanol–water partition coefficient (Wildman–Crippen LogP) is 6.05. The molecule has 0 unspecified atom stereocenters. The Morgan fingerprint density at radius 3 is 2.30 bits per heavy atom. The molecule has 0 aliphatic rings. The molecule has 0 fully saturated rings. The van der Waals surface area contributed by atoms with E-state index in [4.69, 9.17) is 30.5 Å². The highest BCUT2D eigenvalue weighted by molar-refractivity contribution is 9.10. The Bertz CT molecular complexity index is 1740. The number of carbonyl (C=O) groups excluding carboxylic acids is 1. The van der Waals surface area contributed by atoms with Crippen molar-refractivity contribution in [1.29, 1.82) is 0 Å². The van der Waals surface area contributed by atoms with Crippen LogP contribution in [0.25, 0.3) is 0 Å². The van der Waals surface area contributed by atoms with Gasteiger partial charge in [0.05, 0.1) is 42.6 Å². The third kappa shape index (κ3) is 8.01. The first-order valence-electron chi connectivity index (χ1n) is 13.0. The predicted molar refractivity (Wildman–Crippen MR) is 173 cm³/mol. The van der Waals surface area contributed by atoms with Crippen molar-refractivity contribution in [2.24, 2.45) is 5.10 Å². The third-order valence-corrected chi connectivity index (χ3v) is 8.84. The van der Waals surface area contributed by atoms with E-state index in [1.165, 1.54) is 51.8 Å². The van der Waals surface area contributed by atoms with E-state index in [1.807, 2.05) is 12.1 Å². The number of halogens is 2. The number of ether oxygens (including phenoxy) is 4. The Kier molecular flexibility index (Phi) is 11.1. The van der Waals surface area contributed by atoms with Crippen molar-refractivity contribution in [3.63, 3.8) is 0 Å². The van der Waals surface area contributed by atoms with Crippen LogP contribution in [0, 0.1) is 0 Å². The van der Waals surface area contributed by atoms with Crippen LogP contribution in [0.2, 0.25) is 5.02 Å². The van der Waals surface area contributed by atoms with E-state index in [1.54, 1.807) is 48.5 Å². The van der Waals surface area contributed by atoms with Crippen molar-refractivity contribution in [3.05, 3.63) is 106 Å². The van der Waals surface area contributed by atoms with Crippen molar-refractivity contribution in [2.45, 2.75) is 11.5 Å². The van der Waals surface area contributed by atoms with Crippen molar-refractivity contribution in [2.75, 3.05) is 32.2 Å². The molecular weight excluding hydrogens is 674 g/mol.